The first kappa shape index (κ1) is 27.2. The number of hydrazine groups is 2. The van der Waals surface area contributed by atoms with Crippen LogP contribution in [-0.4, -0.2) is 53.6 Å². The third-order valence-electron chi connectivity index (χ3n) is 4.51. The van der Waals surface area contributed by atoms with E-state index >= 15 is 0 Å². The maximum Gasteiger partial charge on any atom is 2.00 e. The van der Waals surface area contributed by atoms with E-state index < -0.39 is 0 Å². The number of pyridine rings is 1. The molecule has 10 heteroatoms. The van der Waals surface area contributed by atoms with E-state index in [9.17, 15) is 0 Å². The zero-order chi connectivity index (χ0) is 17.3. The van der Waals surface area contributed by atoms with Gasteiger partial charge in [-0.25, -0.2) is 26.1 Å². The van der Waals surface area contributed by atoms with Crippen LogP contribution in [0.25, 0.3) is 0 Å². The summed E-state index contributed by atoms with van der Waals surface area (Å²) in [5, 5.41) is 12.9. The summed E-state index contributed by atoms with van der Waals surface area (Å²) in [7, 11) is 0. The minimum absolute atomic E-state index is 0. The standard InChI is InChI=1S/C18H29N7.2ClH.V/c1-16-12-17(14-19-22-24-8-4-2-5-9-24)21-18(13-16)15-20-23-25-10-6-3-7-11-25;;;/h12-15,22-23H,2-11H2,1H3;2*1H;/q;;;+2/p-2. The van der Waals surface area contributed by atoms with Crippen LogP contribution in [0.15, 0.2) is 22.3 Å². The Hall–Kier alpha value is -0.826. The molecule has 2 saturated heterocycles. The third-order valence-corrected chi connectivity index (χ3v) is 4.51. The Morgan fingerprint density at radius 3 is 1.57 bits per heavy atom. The Kier molecular flexibility index (Phi) is 14.6. The Morgan fingerprint density at radius 1 is 0.786 bits per heavy atom. The molecule has 0 bridgehead atoms. The summed E-state index contributed by atoms with van der Waals surface area (Å²) in [6.07, 6.45) is 11.1. The fraction of sp³-hybridized carbons (Fsp3) is 0.611. The topological polar surface area (TPSA) is 68.1 Å². The monoisotopic (exact) mass is 464 g/mol. The van der Waals surface area contributed by atoms with Crippen molar-refractivity contribution in [3.63, 3.8) is 0 Å². The van der Waals surface area contributed by atoms with Crippen LogP contribution in [0.4, 0.5) is 0 Å². The van der Waals surface area contributed by atoms with Gasteiger partial charge in [0.1, 0.15) is 0 Å². The number of rotatable bonds is 6. The molecule has 1 radical (unpaired) electrons. The Morgan fingerprint density at radius 2 is 1.18 bits per heavy atom. The third kappa shape index (κ3) is 9.59. The number of piperidine rings is 2. The molecule has 0 spiro atoms. The normalized spacial score (nSPS) is 18.2. The molecule has 28 heavy (non-hydrogen) atoms. The van der Waals surface area contributed by atoms with Crippen LogP contribution in [0, 0.1) is 6.92 Å². The van der Waals surface area contributed by atoms with Gasteiger partial charge < -0.3 is 24.8 Å². The van der Waals surface area contributed by atoms with Gasteiger partial charge in [-0.2, -0.15) is 10.2 Å². The van der Waals surface area contributed by atoms with E-state index in [1.54, 1.807) is 12.4 Å². The van der Waals surface area contributed by atoms with Crippen LogP contribution in [0.2, 0.25) is 0 Å². The van der Waals surface area contributed by atoms with Gasteiger partial charge in [0.2, 0.25) is 0 Å². The second-order valence-electron chi connectivity index (χ2n) is 6.81. The number of halogens is 2. The summed E-state index contributed by atoms with van der Waals surface area (Å²) in [6, 6.07) is 4.05. The summed E-state index contributed by atoms with van der Waals surface area (Å²) in [5.41, 5.74) is 9.03. The van der Waals surface area contributed by atoms with Crippen LogP contribution >= 0.6 is 0 Å². The van der Waals surface area contributed by atoms with Gasteiger partial charge in [0.15, 0.2) is 0 Å². The van der Waals surface area contributed by atoms with Gasteiger partial charge in [0.05, 0.1) is 23.8 Å². The fourth-order valence-electron chi connectivity index (χ4n) is 3.20. The average Bonchev–Trinajstić information content (AvgIpc) is 2.63. The van der Waals surface area contributed by atoms with Crippen molar-refractivity contribution >= 4 is 12.4 Å². The van der Waals surface area contributed by atoms with Crippen LogP contribution in [-0.2, 0) is 18.6 Å². The van der Waals surface area contributed by atoms with E-state index in [1.807, 2.05) is 12.1 Å². The van der Waals surface area contributed by atoms with E-state index in [1.165, 1.54) is 38.5 Å². The molecule has 2 aliphatic rings. The molecule has 1 aromatic heterocycles. The maximum absolute atomic E-state index is 4.58. The molecule has 0 amide bonds. The number of nitrogens with zero attached hydrogens (tertiary/aromatic N) is 5. The number of hydrazone groups is 2. The number of hydrogen-bond donors (Lipinski definition) is 2. The van der Waals surface area contributed by atoms with Crippen molar-refractivity contribution in [1.82, 2.24) is 26.1 Å². The first-order chi connectivity index (χ1) is 12.3. The van der Waals surface area contributed by atoms with Crippen LogP contribution in [0.3, 0.4) is 0 Å². The van der Waals surface area contributed by atoms with Gasteiger partial charge in [0.25, 0.3) is 0 Å². The van der Waals surface area contributed by atoms with Crippen molar-refractivity contribution in [2.75, 3.05) is 26.2 Å². The van der Waals surface area contributed by atoms with Crippen molar-refractivity contribution < 1.29 is 43.4 Å². The molecule has 7 nitrogen and oxygen atoms in total. The first-order valence-corrected chi connectivity index (χ1v) is 9.36. The average molecular weight is 465 g/mol. The van der Waals surface area contributed by atoms with E-state index in [0.717, 1.165) is 43.1 Å². The molecule has 0 aromatic carbocycles. The molecule has 0 atom stereocenters. The summed E-state index contributed by atoms with van der Waals surface area (Å²) in [5.74, 6) is 0. The molecule has 1 aromatic rings. The van der Waals surface area contributed by atoms with Gasteiger partial charge in [0, 0.05) is 26.2 Å². The Labute approximate surface area is 192 Å². The first-order valence-electron chi connectivity index (χ1n) is 9.36. The van der Waals surface area contributed by atoms with Crippen molar-refractivity contribution in [3.05, 3.63) is 29.1 Å². The van der Waals surface area contributed by atoms with E-state index in [0.29, 0.717) is 0 Å². The van der Waals surface area contributed by atoms with Crippen LogP contribution < -0.4 is 35.9 Å². The predicted molar refractivity (Wildman–Crippen MR) is 101 cm³/mol. The zero-order valence-electron chi connectivity index (χ0n) is 16.3. The minimum atomic E-state index is 0. The number of nitrogens with one attached hydrogen (secondary N) is 2. The van der Waals surface area contributed by atoms with Crippen LogP contribution in [0.1, 0.15) is 55.5 Å². The largest absolute Gasteiger partial charge is 2.00 e. The number of aromatic nitrogens is 1. The van der Waals surface area contributed by atoms with Crippen molar-refractivity contribution in [2.45, 2.75) is 45.4 Å². The molecular formula is C18H29Cl2N7V. The van der Waals surface area contributed by atoms with E-state index in [2.05, 4.69) is 43.2 Å². The second kappa shape index (κ2) is 15.1. The number of aryl methyl sites for hydroxylation is 1. The summed E-state index contributed by atoms with van der Waals surface area (Å²) in [6.45, 7) is 6.28. The van der Waals surface area contributed by atoms with Gasteiger partial charge >= 0.3 is 18.6 Å². The molecular weight excluding hydrogens is 436 g/mol. The Balaban J connectivity index is 0.00000243. The molecule has 2 N–H and O–H groups in total. The van der Waals surface area contributed by atoms with Crippen molar-refractivity contribution in [2.24, 2.45) is 10.2 Å². The quantitative estimate of drug-likeness (QED) is 0.332. The smallest absolute Gasteiger partial charge is 1.00 e. The molecule has 155 valence electrons. The molecule has 0 unspecified atom stereocenters. The zero-order valence-corrected chi connectivity index (χ0v) is 19.2. The summed E-state index contributed by atoms with van der Waals surface area (Å²) in [4.78, 5) is 4.58. The van der Waals surface area contributed by atoms with E-state index in [-0.39, 0.29) is 43.4 Å². The van der Waals surface area contributed by atoms with Gasteiger partial charge in [-0.1, -0.05) is 12.8 Å². The molecule has 3 rings (SSSR count). The molecule has 3 heterocycles. The second-order valence-corrected chi connectivity index (χ2v) is 6.81. The molecule has 2 aliphatic heterocycles. The maximum atomic E-state index is 4.58. The Bertz CT molecular complexity index is 555. The van der Waals surface area contributed by atoms with Gasteiger partial charge in [-0.05, 0) is 50.3 Å². The fourth-order valence-corrected chi connectivity index (χ4v) is 3.20. The molecule has 2 fully saturated rings. The summed E-state index contributed by atoms with van der Waals surface area (Å²) < 4.78 is 0. The van der Waals surface area contributed by atoms with E-state index in [4.69, 9.17) is 0 Å². The minimum Gasteiger partial charge on any atom is -1.00 e. The SMILES string of the molecule is Cc1cc(C=NNN2CCCCC2)nc(C=NNN2CCCCC2)c1.[Cl-].[Cl-].[V+2]. The number of hydrogen-bond acceptors (Lipinski definition) is 7. The van der Waals surface area contributed by atoms with Crippen molar-refractivity contribution in [1.29, 1.82) is 0 Å². The molecule has 0 aliphatic carbocycles. The van der Waals surface area contributed by atoms with Gasteiger partial charge in [-0.3, -0.25) is 0 Å². The summed E-state index contributed by atoms with van der Waals surface area (Å²) >= 11 is 0. The molecule has 0 saturated carbocycles. The van der Waals surface area contributed by atoms with Gasteiger partial charge in [-0.15, -0.1) is 0 Å². The van der Waals surface area contributed by atoms with Crippen molar-refractivity contribution in [3.8, 4) is 0 Å². The predicted octanol–water partition coefficient (Wildman–Crippen LogP) is -3.96. The van der Waals surface area contributed by atoms with Crippen LogP contribution in [0.5, 0.6) is 0 Å².